The lowest BCUT2D eigenvalue weighted by Gasteiger charge is -2.18. The van der Waals surface area contributed by atoms with E-state index in [1.807, 2.05) is 24.3 Å². The quantitative estimate of drug-likeness (QED) is 0.0199. The van der Waals surface area contributed by atoms with E-state index in [0.29, 0.717) is 19.3 Å². The number of carbonyl (C=O) groups excluding carboxylic acids is 3. The maximum atomic E-state index is 12.8. The highest BCUT2D eigenvalue weighted by Crippen LogP contribution is 2.15. The van der Waals surface area contributed by atoms with Crippen LogP contribution in [0.2, 0.25) is 0 Å². The van der Waals surface area contributed by atoms with Crippen molar-refractivity contribution in [3.63, 3.8) is 0 Å². The van der Waals surface area contributed by atoms with Crippen LogP contribution in [-0.2, 0) is 28.6 Å². The van der Waals surface area contributed by atoms with E-state index < -0.39 is 6.10 Å². The SMILES string of the molecule is CCC\C=C/C=C\C=C/C=C\C=C/CCCCCCCC(=O)OCC(COC(=O)CCCCCCCCCCCCC)OC(=O)CCCCCCC/C=C\CCCCCCCCCCC. The highest BCUT2D eigenvalue weighted by molar-refractivity contribution is 5.71. The summed E-state index contributed by atoms with van der Waals surface area (Å²) in [5.74, 6) is -0.914. The van der Waals surface area contributed by atoms with E-state index >= 15 is 0 Å². The van der Waals surface area contributed by atoms with Gasteiger partial charge in [-0.15, -0.1) is 0 Å². The molecule has 0 fully saturated rings. The summed E-state index contributed by atoms with van der Waals surface area (Å²) >= 11 is 0. The molecule has 0 aromatic rings. The molecule has 0 heterocycles. The molecule has 0 spiro atoms. The average Bonchev–Trinajstić information content (AvgIpc) is 3.30. The van der Waals surface area contributed by atoms with Gasteiger partial charge in [-0.25, -0.2) is 0 Å². The molecular formula is C59H102O6. The Morgan fingerprint density at radius 2 is 0.600 bits per heavy atom. The maximum Gasteiger partial charge on any atom is 0.306 e. The Morgan fingerprint density at radius 3 is 0.969 bits per heavy atom. The van der Waals surface area contributed by atoms with E-state index in [1.165, 1.54) is 128 Å². The molecule has 0 aromatic heterocycles. The van der Waals surface area contributed by atoms with Crippen LogP contribution in [0, 0.1) is 0 Å². The van der Waals surface area contributed by atoms with Crippen molar-refractivity contribution < 1.29 is 28.6 Å². The molecule has 0 aliphatic heterocycles. The van der Waals surface area contributed by atoms with Crippen LogP contribution >= 0.6 is 0 Å². The lowest BCUT2D eigenvalue weighted by atomic mass is 10.1. The normalized spacial score (nSPS) is 12.6. The summed E-state index contributed by atoms with van der Waals surface area (Å²) in [6.45, 7) is 6.53. The number of ether oxygens (including phenoxy) is 3. The standard InChI is InChI=1S/C59H102O6/c1-4-7-10-13-16-19-22-24-26-28-30-32-34-37-40-43-46-49-52-58(61)64-55-56(54-63-57(60)51-48-45-42-39-36-21-18-15-12-9-6-3)65-59(62)53-50-47-44-41-38-35-33-31-29-27-25-23-20-17-14-11-8-5-2/h10,13,16,19,22,24,26,28,30-33,56H,4-9,11-12,14-15,17-18,20-21,23,25,27,29,34-55H2,1-3H3/b13-10-,19-16-,24-22-,28-26-,32-30-,33-31-. The van der Waals surface area contributed by atoms with E-state index in [-0.39, 0.29) is 31.1 Å². The number of hydrogen-bond acceptors (Lipinski definition) is 6. The Balaban J connectivity index is 4.41. The van der Waals surface area contributed by atoms with Gasteiger partial charge in [0.05, 0.1) is 0 Å². The van der Waals surface area contributed by atoms with E-state index in [0.717, 1.165) is 96.3 Å². The molecule has 6 nitrogen and oxygen atoms in total. The maximum absolute atomic E-state index is 12.8. The van der Waals surface area contributed by atoms with Gasteiger partial charge in [-0.05, 0) is 64.2 Å². The minimum atomic E-state index is -0.788. The zero-order valence-electron chi connectivity index (χ0n) is 42.7. The number of esters is 3. The predicted octanol–water partition coefficient (Wildman–Crippen LogP) is 18.2. The Bertz CT molecular complexity index is 1230. The zero-order valence-corrected chi connectivity index (χ0v) is 42.7. The first-order valence-corrected chi connectivity index (χ1v) is 27.5. The molecular weight excluding hydrogens is 805 g/mol. The fourth-order valence-electron chi connectivity index (χ4n) is 7.64. The highest BCUT2D eigenvalue weighted by Gasteiger charge is 2.19. The van der Waals surface area contributed by atoms with Gasteiger partial charge in [0.1, 0.15) is 13.2 Å². The summed E-state index contributed by atoms with van der Waals surface area (Å²) in [4.78, 5) is 38.0. The molecule has 0 radical (unpaired) electrons. The van der Waals surface area contributed by atoms with Crippen molar-refractivity contribution in [3.05, 3.63) is 72.9 Å². The average molecular weight is 907 g/mol. The molecule has 1 atom stereocenters. The molecule has 0 rings (SSSR count). The third kappa shape index (κ3) is 51.7. The van der Waals surface area contributed by atoms with Crippen molar-refractivity contribution in [2.24, 2.45) is 0 Å². The highest BCUT2D eigenvalue weighted by atomic mass is 16.6. The van der Waals surface area contributed by atoms with Crippen LogP contribution in [0.3, 0.4) is 0 Å². The fraction of sp³-hybridized carbons (Fsp3) is 0.746. The number of carbonyl (C=O) groups is 3. The van der Waals surface area contributed by atoms with Gasteiger partial charge in [0.25, 0.3) is 0 Å². The van der Waals surface area contributed by atoms with Crippen LogP contribution in [0.1, 0.15) is 265 Å². The lowest BCUT2D eigenvalue weighted by Crippen LogP contribution is -2.30. The fourth-order valence-corrected chi connectivity index (χ4v) is 7.64. The molecule has 0 N–H and O–H groups in total. The van der Waals surface area contributed by atoms with Crippen molar-refractivity contribution in [1.29, 1.82) is 0 Å². The minimum absolute atomic E-state index is 0.0855. The van der Waals surface area contributed by atoms with Crippen molar-refractivity contribution >= 4 is 17.9 Å². The smallest absolute Gasteiger partial charge is 0.306 e. The molecule has 6 heteroatoms. The first-order chi connectivity index (χ1) is 32.0. The number of allylic oxidation sites excluding steroid dienone is 12. The van der Waals surface area contributed by atoms with Crippen LogP contribution in [0.4, 0.5) is 0 Å². The Labute approximate surface area is 402 Å². The van der Waals surface area contributed by atoms with Crippen molar-refractivity contribution in [2.75, 3.05) is 13.2 Å². The Kier molecular flexibility index (Phi) is 50.9. The predicted molar refractivity (Wildman–Crippen MR) is 279 cm³/mol. The van der Waals surface area contributed by atoms with Crippen LogP contribution < -0.4 is 0 Å². The lowest BCUT2D eigenvalue weighted by molar-refractivity contribution is -0.167. The largest absolute Gasteiger partial charge is 0.462 e. The second-order valence-electron chi connectivity index (χ2n) is 18.3. The van der Waals surface area contributed by atoms with Crippen LogP contribution in [0.5, 0.6) is 0 Å². The van der Waals surface area contributed by atoms with Gasteiger partial charge in [-0.3, -0.25) is 14.4 Å². The molecule has 0 aromatic carbocycles. The summed E-state index contributed by atoms with van der Waals surface area (Å²) in [6, 6.07) is 0. The van der Waals surface area contributed by atoms with Gasteiger partial charge < -0.3 is 14.2 Å². The molecule has 0 amide bonds. The number of rotatable bonds is 49. The Morgan fingerprint density at radius 1 is 0.308 bits per heavy atom. The van der Waals surface area contributed by atoms with E-state index in [4.69, 9.17) is 14.2 Å². The van der Waals surface area contributed by atoms with Gasteiger partial charge >= 0.3 is 17.9 Å². The summed E-state index contributed by atoms with van der Waals surface area (Å²) in [5, 5.41) is 0. The second kappa shape index (κ2) is 53.5. The molecule has 0 aliphatic carbocycles. The van der Waals surface area contributed by atoms with Crippen LogP contribution in [0.25, 0.3) is 0 Å². The van der Waals surface area contributed by atoms with Gasteiger partial charge in [0.15, 0.2) is 6.10 Å². The van der Waals surface area contributed by atoms with Gasteiger partial charge in [-0.2, -0.15) is 0 Å². The first-order valence-electron chi connectivity index (χ1n) is 27.5. The minimum Gasteiger partial charge on any atom is -0.462 e. The van der Waals surface area contributed by atoms with Crippen molar-refractivity contribution in [3.8, 4) is 0 Å². The molecule has 0 bridgehead atoms. The topological polar surface area (TPSA) is 78.9 Å². The summed E-state index contributed by atoms with van der Waals surface area (Å²) in [5.41, 5.74) is 0. The van der Waals surface area contributed by atoms with Gasteiger partial charge in [0, 0.05) is 19.3 Å². The third-order valence-electron chi connectivity index (χ3n) is 11.8. The number of unbranched alkanes of at least 4 members (excludes halogenated alkanes) is 30. The molecule has 65 heavy (non-hydrogen) atoms. The molecule has 0 saturated heterocycles. The molecule has 1 unspecified atom stereocenters. The van der Waals surface area contributed by atoms with Crippen LogP contribution in [-0.4, -0.2) is 37.2 Å². The summed E-state index contributed by atoms with van der Waals surface area (Å²) in [6.07, 6.45) is 67.4. The molecule has 0 aliphatic rings. The first kappa shape index (κ1) is 61.9. The summed E-state index contributed by atoms with van der Waals surface area (Å²) < 4.78 is 16.8. The zero-order chi connectivity index (χ0) is 47.2. The second-order valence-corrected chi connectivity index (χ2v) is 18.3. The molecule has 0 saturated carbocycles. The number of hydrogen-bond donors (Lipinski definition) is 0. The molecule has 374 valence electrons. The van der Waals surface area contributed by atoms with E-state index in [2.05, 4.69) is 69.4 Å². The van der Waals surface area contributed by atoms with Crippen molar-refractivity contribution in [2.45, 2.75) is 271 Å². The monoisotopic (exact) mass is 907 g/mol. The van der Waals surface area contributed by atoms with E-state index in [9.17, 15) is 14.4 Å². The Hall–Kier alpha value is -3.15. The summed E-state index contributed by atoms with van der Waals surface area (Å²) in [7, 11) is 0. The van der Waals surface area contributed by atoms with Crippen molar-refractivity contribution in [1.82, 2.24) is 0 Å². The third-order valence-corrected chi connectivity index (χ3v) is 11.8. The van der Waals surface area contributed by atoms with Gasteiger partial charge in [0.2, 0.25) is 0 Å². The van der Waals surface area contributed by atoms with Gasteiger partial charge in [-0.1, -0.05) is 254 Å². The van der Waals surface area contributed by atoms with Crippen LogP contribution in [0.15, 0.2) is 72.9 Å². The van der Waals surface area contributed by atoms with E-state index in [1.54, 1.807) is 0 Å².